The first-order valence-corrected chi connectivity index (χ1v) is 8.17. The quantitative estimate of drug-likeness (QED) is 0.456. The third kappa shape index (κ3) is 6.39. The highest BCUT2D eigenvalue weighted by atomic mass is 16.5. The van der Waals surface area contributed by atoms with Crippen LogP contribution in [0.4, 0.5) is 0 Å². The minimum absolute atomic E-state index is 0.308. The van der Waals surface area contributed by atoms with E-state index in [-0.39, 0.29) is 6.54 Å². The molecule has 2 aromatic carbocycles. The number of rotatable bonds is 7. The van der Waals surface area contributed by atoms with Crippen LogP contribution in [-0.2, 0) is 14.3 Å². The van der Waals surface area contributed by atoms with Gasteiger partial charge < -0.3 is 14.8 Å². The average Bonchev–Trinajstić information content (AvgIpc) is 2.65. The molecule has 7 heteroatoms. The van der Waals surface area contributed by atoms with Crippen LogP contribution in [0.25, 0.3) is 0 Å². The zero-order valence-corrected chi connectivity index (χ0v) is 15.0. The number of esters is 2. The molecule has 0 aromatic heterocycles. The minimum Gasteiger partial charge on any atom is -0.456 e. The van der Waals surface area contributed by atoms with E-state index in [0.29, 0.717) is 16.9 Å². The van der Waals surface area contributed by atoms with Crippen molar-refractivity contribution >= 4 is 23.6 Å². The predicted molar refractivity (Wildman–Crippen MR) is 96.6 cm³/mol. The molecule has 0 saturated carbocycles. The van der Waals surface area contributed by atoms with Crippen LogP contribution in [0, 0.1) is 6.92 Å². The van der Waals surface area contributed by atoms with Gasteiger partial charge in [-0.3, -0.25) is 19.2 Å². The number of ketones is 1. The molecule has 0 saturated heterocycles. The Bertz CT molecular complexity index is 840. The van der Waals surface area contributed by atoms with Crippen LogP contribution < -0.4 is 10.1 Å². The molecule has 140 valence electrons. The molecule has 0 heterocycles. The number of hydrogen-bond donors (Lipinski definition) is 1. The van der Waals surface area contributed by atoms with Gasteiger partial charge in [-0.1, -0.05) is 17.7 Å². The van der Waals surface area contributed by atoms with Gasteiger partial charge in [0.2, 0.25) is 0 Å². The van der Waals surface area contributed by atoms with Crippen molar-refractivity contribution in [1.29, 1.82) is 0 Å². The molecular weight excluding hydrogens is 350 g/mol. The fourth-order valence-corrected chi connectivity index (χ4v) is 2.11. The molecule has 0 aliphatic rings. The van der Waals surface area contributed by atoms with Gasteiger partial charge in [0, 0.05) is 18.1 Å². The Morgan fingerprint density at radius 3 is 2.07 bits per heavy atom. The van der Waals surface area contributed by atoms with E-state index in [1.165, 1.54) is 31.2 Å². The number of carbonyl (C=O) groups is 4. The van der Waals surface area contributed by atoms with Gasteiger partial charge in [-0.05, 0) is 43.3 Å². The second-order valence-corrected chi connectivity index (χ2v) is 5.75. The lowest BCUT2D eigenvalue weighted by Crippen LogP contribution is -2.31. The monoisotopic (exact) mass is 369 g/mol. The Labute approximate surface area is 156 Å². The first-order chi connectivity index (χ1) is 12.8. The van der Waals surface area contributed by atoms with E-state index >= 15 is 0 Å². The maximum Gasteiger partial charge on any atom is 0.325 e. The summed E-state index contributed by atoms with van der Waals surface area (Å²) in [6.07, 6.45) is 0. The molecule has 2 aromatic rings. The largest absolute Gasteiger partial charge is 0.456 e. The summed E-state index contributed by atoms with van der Waals surface area (Å²) < 4.78 is 9.74. The van der Waals surface area contributed by atoms with E-state index in [1.807, 2.05) is 6.92 Å². The number of hydrogen-bond acceptors (Lipinski definition) is 6. The number of amides is 1. The molecule has 1 amide bonds. The average molecular weight is 369 g/mol. The van der Waals surface area contributed by atoms with Crippen LogP contribution in [0.2, 0.25) is 0 Å². The fourth-order valence-electron chi connectivity index (χ4n) is 2.11. The highest BCUT2D eigenvalue weighted by Crippen LogP contribution is 2.13. The molecule has 0 aliphatic heterocycles. The molecule has 0 fully saturated rings. The first-order valence-electron chi connectivity index (χ1n) is 8.17. The van der Waals surface area contributed by atoms with E-state index in [2.05, 4.69) is 5.32 Å². The zero-order chi connectivity index (χ0) is 19.8. The van der Waals surface area contributed by atoms with Crippen molar-refractivity contribution in [2.45, 2.75) is 13.8 Å². The molecule has 27 heavy (non-hydrogen) atoms. The third-order valence-electron chi connectivity index (χ3n) is 3.51. The Hall–Kier alpha value is -3.48. The standard InChI is InChI=1S/C20H19NO6/c1-13-3-5-16(6-4-13)20(25)21-11-19(24)26-12-18(23)15-7-9-17(10-8-15)27-14(2)22/h3-10H,11-12H2,1-2H3,(H,21,25). The highest BCUT2D eigenvalue weighted by Gasteiger charge is 2.12. The maximum atomic E-state index is 12.0. The summed E-state index contributed by atoms with van der Waals surface area (Å²) in [5.41, 5.74) is 1.75. The van der Waals surface area contributed by atoms with Gasteiger partial charge in [0.15, 0.2) is 12.4 Å². The van der Waals surface area contributed by atoms with E-state index in [0.717, 1.165) is 5.56 Å². The highest BCUT2D eigenvalue weighted by molar-refractivity contribution is 5.99. The zero-order valence-electron chi connectivity index (χ0n) is 15.0. The molecular formula is C20H19NO6. The van der Waals surface area contributed by atoms with Crippen molar-refractivity contribution in [3.05, 3.63) is 65.2 Å². The van der Waals surface area contributed by atoms with Gasteiger partial charge in [-0.25, -0.2) is 0 Å². The second kappa shape index (κ2) is 9.28. The van der Waals surface area contributed by atoms with E-state index in [9.17, 15) is 19.2 Å². The molecule has 0 aliphatic carbocycles. The Balaban J connectivity index is 1.77. The van der Waals surface area contributed by atoms with Crippen molar-refractivity contribution in [3.8, 4) is 5.75 Å². The van der Waals surface area contributed by atoms with Crippen molar-refractivity contribution < 1.29 is 28.7 Å². The van der Waals surface area contributed by atoms with Gasteiger partial charge in [-0.2, -0.15) is 0 Å². The summed E-state index contributed by atoms with van der Waals surface area (Å²) in [4.78, 5) is 46.5. The summed E-state index contributed by atoms with van der Waals surface area (Å²) in [7, 11) is 0. The van der Waals surface area contributed by atoms with Gasteiger partial charge >= 0.3 is 11.9 Å². The molecule has 0 atom stereocenters. The minimum atomic E-state index is -0.722. The molecule has 0 bridgehead atoms. The van der Waals surface area contributed by atoms with Crippen molar-refractivity contribution in [2.75, 3.05) is 13.2 Å². The normalized spacial score (nSPS) is 10.0. The molecule has 0 spiro atoms. The van der Waals surface area contributed by atoms with E-state index < -0.39 is 30.2 Å². The van der Waals surface area contributed by atoms with Crippen molar-refractivity contribution in [3.63, 3.8) is 0 Å². The first kappa shape index (κ1) is 19.8. The van der Waals surface area contributed by atoms with E-state index in [1.54, 1.807) is 24.3 Å². The summed E-state index contributed by atoms with van der Waals surface area (Å²) >= 11 is 0. The number of carbonyl (C=O) groups excluding carboxylic acids is 4. The lowest BCUT2D eigenvalue weighted by Gasteiger charge is -2.07. The molecule has 0 unspecified atom stereocenters. The van der Waals surface area contributed by atoms with Crippen LogP contribution in [0.1, 0.15) is 33.2 Å². The number of Topliss-reactive ketones (excluding diaryl/α,β-unsaturated/α-hetero) is 1. The van der Waals surface area contributed by atoms with E-state index in [4.69, 9.17) is 9.47 Å². The van der Waals surface area contributed by atoms with Crippen LogP contribution >= 0.6 is 0 Å². The van der Waals surface area contributed by atoms with Crippen LogP contribution in [0.5, 0.6) is 5.75 Å². The SMILES string of the molecule is CC(=O)Oc1ccc(C(=O)COC(=O)CNC(=O)c2ccc(C)cc2)cc1. The van der Waals surface area contributed by atoms with Crippen LogP contribution in [0.3, 0.4) is 0 Å². The maximum absolute atomic E-state index is 12.0. The summed E-state index contributed by atoms with van der Waals surface area (Å²) in [6.45, 7) is 2.38. The van der Waals surface area contributed by atoms with Crippen molar-refractivity contribution in [2.24, 2.45) is 0 Å². The van der Waals surface area contributed by atoms with Gasteiger partial charge in [0.1, 0.15) is 12.3 Å². The topological polar surface area (TPSA) is 98.8 Å². The fraction of sp³-hybridized carbons (Fsp3) is 0.200. The Kier molecular flexibility index (Phi) is 6.82. The summed E-state index contributed by atoms with van der Waals surface area (Å²) in [5.74, 6) is -1.69. The lowest BCUT2D eigenvalue weighted by molar-refractivity contribution is -0.141. The smallest absolute Gasteiger partial charge is 0.325 e. The Morgan fingerprint density at radius 1 is 0.889 bits per heavy atom. The number of aryl methyl sites for hydroxylation is 1. The number of nitrogens with one attached hydrogen (secondary N) is 1. The van der Waals surface area contributed by atoms with Crippen LogP contribution in [0.15, 0.2) is 48.5 Å². The predicted octanol–water partition coefficient (Wildman–Crippen LogP) is 2.08. The van der Waals surface area contributed by atoms with Crippen LogP contribution in [-0.4, -0.2) is 36.8 Å². The number of ether oxygens (including phenoxy) is 2. The van der Waals surface area contributed by atoms with Gasteiger partial charge in [-0.15, -0.1) is 0 Å². The summed E-state index contributed by atoms with van der Waals surface area (Å²) in [5, 5.41) is 2.43. The van der Waals surface area contributed by atoms with Crippen molar-refractivity contribution in [1.82, 2.24) is 5.32 Å². The summed E-state index contributed by atoms with van der Waals surface area (Å²) in [6, 6.07) is 12.8. The lowest BCUT2D eigenvalue weighted by atomic mass is 10.1. The van der Waals surface area contributed by atoms with Gasteiger partial charge in [0.05, 0.1) is 0 Å². The molecule has 0 radical (unpaired) electrons. The third-order valence-corrected chi connectivity index (χ3v) is 3.51. The second-order valence-electron chi connectivity index (χ2n) is 5.75. The Morgan fingerprint density at radius 2 is 1.48 bits per heavy atom. The van der Waals surface area contributed by atoms with Gasteiger partial charge in [0.25, 0.3) is 5.91 Å². The number of benzene rings is 2. The molecule has 2 rings (SSSR count). The molecule has 7 nitrogen and oxygen atoms in total. The molecule has 1 N–H and O–H groups in total.